The molecule has 18 heavy (non-hydrogen) atoms. The molecule has 0 amide bonds. The summed E-state index contributed by atoms with van der Waals surface area (Å²) in [7, 11) is 0. The highest BCUT2D eigenvalue weighted by molar-refractivity contribution is 5.19. The molecular weight excluding hydrogens is 226 g/mol. The Kier molecular flexibility index (Phi) is 6.33. The maximum Gasteiger partial charge on any atom is 0.0945 e. The van der Waals surface area contributed by atoms with Crippen LogP contribution in [0.2, 0.25) is 0 Å². The summed E-state index contributed by atoms with van der Waals surface area (Å²) in [6.07, 6.45) is 0.299. The van der Waals surface area contributed by atoms with Crippen LogP contribution < -0.4 is 5.32 Å². The van der Waals surface area contributed by atoms with E-state index in [0.717, 1.165) is 12.0 Å². The fraction of sp³-hybridized carbons (Fsp3) is 0.600. The SMILES string of the molecule is CCC(CO)NC(C(C)C)C(O)c1ccccc1. The molecule has 3 N–H and O–H groups in total. The number of benzene rings is 1. The lowest BCUT2D eigenvalue weighted by Gasteiger charge is -2.31. The summed E-state index contributed by atoms with van der Waals surface area (Å²) < 4.78 is 0. The summed E-state index contributed by atoms with van der Waals surface area (Å²) in [4.78, 5) is 0. The number of aliphatic hydroxyl groups excluding tert-OH is 2. The van der Waals surface area contributed by atoms with Gasteiger partial charge in [0.1, 0.15) is 0 Å². The van der Waals surface area contributed by atoms with E-state index in [4.69, 9.17) is 0 Å². The van der Waals surface area contributed by atoms with Crippen LogP contribution in [-0.2, 0) is 0 Å². The maximum absolute atomic E-state index is 10.4. The Morgan fingerprint density at radius 1 is 1.17 bits per heavy atom. The average Bonchev–Trinajstić information content (AvgIpc) is 2.40. The predicted octanol–water partition coefficient (Wildman–Crippen LogP) is 2.11. The molecule has 0 saturated carbocycles. The van der Waals surface area contributed by atoms with E-state index in [2.05, 4.69) is 19.2 Å². The lowest BCUT2D eigenvalue weighted by Crippen LogP contribution is -2.46. The average molecular weight is 251 g/mol. The quantitative estimate of drug-likeness (QED) is 0.695. The van der Waals surface area contributed by atoms with E-state index in [1.807, 2.05) is 37.3 Å². The minimum Gasteiger partial charge on any atom is -0.395 e. The number of nitrogens with one attached hydrogen (secondary N) is 1. The molecule has 1 rings (SSSR count). The fourth-order valence-corrected chi connectivity index (χ4v) is 2.08. The zero-order valence-corrected chi connectivity index (χ0v) is 11.5. The van der Waals surface area contributed by atoms with E-state index in [1.54, 1.807) is 0 Å². The van der Waals surface area contributed by atoms with Gasteiger partial charge >= 0.3 is 0 Å². The van der Waals surface area contributed by atoms with Crippen molar-refractivity contribution in [3.8, 4) is 0 Å². The largest absolute Gasteiger partial charge is 0.395 e. The second-order valence-electron chi connectivity index (χ2n) is 5.08. The maximum atomic E-state index is 10.4. The Hall–Kier alpha value is -0.900. The third-order valence-electron chi connectivity index (χ3n) is 3.34. The molecule has 0 aromatic heterocycles. The van der Waals surface area contributed by atoms with Crippen LogP contribution in [0, 0.1) is 5.92 Å². The Bertz CT molecular complexity index is 323. The van der Waals surface area contributed by atoms with Crippen molar-refractivity contribution >= 4 is 0 Å². The Morgan fingerprint density at radius 2 is 1.78 bits per heavy atom. The molecule has 3 unspecified atom stereocenters. The normalized spacial score (nSPS) is 16.6. The molecule has 102 valence electrons. The van der Waals surface area contributed by atoms with Crippen LogP contribution in [-0.4, -0.2) is 28.9 Å². The molecule has 1 aromatic carbocycles. The standard InChI is InChI=1S/C15H25NO2/c1-4-13(10-17)16-14(11(2)3)15(18)12-8-6-5-7-9-12/h5-9,11,13-18H,4,10H2,1-3H3. The Morgan fingerprint density at radius 3 is 2.22 bits per heavy atom. The molecule has 3 heteroatoms. The number of rotatable bonds is 7. The van der Waals surface area contributed by atoms with Crippen molar-refractivity contribution in [1.82, 2.24) is 5.32 Å². The Labute approximate surface area is 110 Å². The number of aliphatic hydroxyl groups is 2. The summed E-state index contributed by atoms with van der Waals surface area (Å²) in [5, 5.41) is 23.1. The predicted molar refractivity (Wildman–Crippen MR) is 74.3 cm³/mol. The fourth-order valence-electron chi connectivity index (χ4n) is 2.08. The van der Waals surface area contributed by atoms with Crippen LogP contribution in [0.5, 0.6) is 0 Å². The minimum absolute atomic E-state index is 0.0377. The monoisotopic (exact) mass is 251 g/mol. The molecule has 0 radical (unpaired) electrons. The molecule has 0 heterocycles. The van der Waals surface area contributed by atoms with Crippen molar-refractivity contribution in [2.45, 2.75) is 45.4 Å². The van der Waals surface area contributed by atoms with Gasteiger partial charge in [0.2, 0.25) is 0 Å². The van der Waals surface area contributed by atoms with Gasteiger partial charge in [-0.1, -0.05) is 51.1 Å². The van der Waals surface area contributed by atoms with E-state index in [0.29, 0.717) is 5.92 Å². The van der Waals surface area contributed by atoms with Gasteiger partial charge in [0, 0.05) is 12.1 Å². The number of hydrogen-bond donors (Lipinski definition) is 3. The molecule has 0 aliphatic heterocycles. The highest BCUT2D eigenvalue weighted by Gasteiger charge is 2.25. The van der Waals surface area contributed by atoms with Crippen LogP contribution in [0.4, 0.5) is 0 Å². The van der Waals surface area contributed by atoms with Crippen molar-refractivity contribution < 1.29 is 10.2 Å². The molecule has 0 aliphatic carbocycles. The first kappa shape index (κ1) is 15.2. The van der Waals surface area contributed by atoms with Crippen molar-refractivity contribution in [3.05, 3.63) is 35.9 Å². The first-order chi connectivity index (χ1) is 8.60. The van der Waals surface area contributed by atoms with Gasteiger partial charge in [-0.3, -0.25) is 0 Å². The zero-order valence-electron chi connectivity index (χ0n) is 11.5. The number of hydrogen-bond acceptors (Lipinski definition) is 3. The molecule has 0 bridgehead atoms. The highest BCUT2D eigenvalue weighted by atomic mass is 16.3. The van der Waals surface area contributed by atoms with E-state index in [9.17, 15) is 10.2 Å². The van der Waals surface area contributed by atoms with E-state index in [1.165, 1.54) is 0 Å². The van der Waals surface area contributed by atoms with Gasteiger partial charge in [-0.05, 0) is 17.9 Å². The van der Waals surface area contributed by atoms with Gasteiger partial charge < -0.3 is 15.5 Å². The van der Waals surface area contributed by atoms with Crippen LogP contribution in [0.25, 0.3) is 0 Å². The van der Waals surface area contributed by atoms with Gasteiger partial charge in [0.15, 0.2) is 0 Å². The third-order valence-corrected chi connectivity index (χ3v) is 3.34. The lowest BCUT2D eigenvalue weighted by atomic mass is 9.92. The van der Waals surface area contributed by atoms with Crippen molar-refractivity contribution in [2.75, 3.05) is 6.61 Å². The summed E-state index contributed by atoms with van der Waals surface area (Å²) >= 11 is 0. The molecule has 0 aliphatic rings. The Balaban J connectivity index is 2.78. The molecule has 3 atom stereocenters. The smallest absolute Gasteiger partial charge is 0.0945 e. The van der Waals surface area contributed by atoms with Gasteiger partial charge in [-0.2, -0.15) is 0 Å². The first-order valence-corrected chi connectivity index (χ1v) is 6.70. The van der Waals surface area contributed by atoms with Crippen molar-refractivity contribution in [3.63, 3.8) is 0 Å². The van der Waals surface area contributed by atoms with E-state index >= 15 is 0 Å². The summed E-state index contributed by atoms with van der Waals surface area (Å²) in [5.74, 6) is 0.292. The highest BCUT2D eigenvalue weighted by Crippen LogP contribution is 2.22. The van der Waals surface area contributed by atoms with Crippen molar-refractivity contribution in [2.24, 2.45) is 5.92 Å². The van der Waals surface area contributed by atoms with Crippen LogP contribution in [0.3, 0.4) is 0 Å². The van der Waals surface area contributed by atoms with Crippen molar-refractivity contribution in [1.29, 1.82) is 0 Å². The molecule has 0 saturated heterocycles. The van der Waals surface area contributed by atoms with Gasteiger partial charge in [0.25, 0.3) is 0 Å². The first-order valence-electron chi connectivity index (χ1n) is 6.70. The molecular formula is C15H25NO2. The van der Waals surface area contributed by atoms with Crippen LogP contribution in [0.1, 0.15) is 38.9 Å². The van der Waals surface area contributed by atoms with Crippen LogP contribution >= 0.6 is 0 Å². The topological polar surface area (TPSA) is 52.5 Å². The minimum atomic E-state index is -0.549. The molecule has 0 spiro atoms. The summed E-state index contributed by atoms with van der Waals surface area (Å²) in [6.45, 7) is 6.28. The zero-order chi connectivity index (χ0) is 13.5. The van der Waals surface area contributed by atoms with E-state index in [-0.39, 0.29) is 18.7 Å². The van der Waals surface area contributed by atoms with Gasteiger partial charge in [-0.15, -0.1) is 0 Å². The molecule has 1 aromatic rings. The van der Waals surface area contributed by atoms with Gasteiger partial charge in [-0.25, -0.2) is 0 Å². The second-order valence-corrected chi connectivity index (χ2v) is 5.08. The van der Waals surface area contributed by atoms with Crippen LogP contribution in [0.15, 0.2) is 30.3 Å². The summed E-state index contributed by atoms with van der Waals surface area (Å²) in [6, 6.07) is 9.65. The second kappa shape index (κ2) is 7.52. The summed E-state index contributed by atoms with van der Waals surface area (Å²) in [5.41, 5.74) is 0.913. The van der Waals surface area contributed by atoms with E-state index < -0.39 is 6.10 Å². The van der Waals surface area contributed by atoms with Gasteiger partial charge in [0.05, 0.1) is 12.7 Å². The molecule has 0 fully saturated rings. The lowest BCUT2D eigenvalue weighted by molar-refractivity contribution is 0.0886. The molecule has 3 nitrogen and oxygen atoms in total. The third kappa shape index (κ3) is 4.09.